The largest absolute Gasteiger partial charge is 0.337 e. The van der Waals surface area contributed by atoms with Crippen LogP contribution >= 0.6 is 0 Å². The van der Waals surface area contributed by atoms with Crippen molar-refractivity contribution in [1.29, 1.82) is 0 Å². The normalized spacial score (nSPS) is 16.2. The van der Waals surface area contributed by atoms with Gasteiger partial charge in [-0.1, -0.05) is 32.9 Å². The van der Waals surface area contributed by atoms with Crippen LogP contribution in [0.2, 0.25) is 0 Å². The van der Waals surface area contributed by atoms with Crippen LogP contribution in [0.25, 0.3) is 0 Å². The molecule has 5 nitrogen and oxygen atoms in total. The summed E-state index contributed by atoms with van der Waals surface area (Å²) in [5.41, 5.74) is 2.15. The molecule has 1 aliphatic heterocycles. The Hall–Kier alpha value is -2.14. The lowest BCUT2D eigenvalue weighted by atomic mass is 9.86. The molecule has 1 aliphatic rings. The van der Waals surface area contributed by atoms with Gasteiger partial charge in [-0.05, 0) is 23.1 Å². The zero-order valence-corrected chi connectivity index (χ0v) is 15.7. The highest BCUT2D eigenvalue weighted by atomic mass is 16.2. The van der Waals surface area contributed by atoms with Crippen molar-refractivity contribution >= 4 is 5.91 Å². The number of nitrogens with zero attached hydrogens (tertiary/aromatic N) is 4. The summed E-state index contributed by atoms with van der Waals surface area (Å²) < 4.78 is 2.05. The second kappa shape index (κ2) is 7.00. The van der Waals surface area contributed by atoms with Crippen molar-refractivity contribution in [3.63, 3.8) is 0 Å². The first kappa shape index (κ1) is 17.7. The van der Waals surface area contributed by atoms with Gasteiger partial charge in [-0.15, -0.1) is 0 Å². The predicted molar refractivity (Wildman–Crippen MR) is 99.5 cm³/mol. The molecule has 1 aromatic heterocycles. The maximum atomic E-state index is 12.7. The van der Waals surface area contributed by atoms with Gasteiger partial charge in [-0.25, -0.2) is 4.98 Å². The summed E-state index contributed by atoms with van der Waals surface area (Å²) in [7, 11) is 2.02. The molecule has 25 heavy (non-hydrogen) atoms. The van der Waals surface area contributed by atoms with Gasteiger partial charge in [0.05, 0.1) is 6.54 Å². The highest BCUT2D eigenvalue weighted by Gasteiger charge is 2.23. The Morgan fingerprint density at radius 1 is 1.08 bits per heavy atom. The predicted octanol–water partition coefficient (Wildman–Crippen LogP) is 2.68. The lowest BCUT2D eigenvalue weighted by Gasteiger charge is -2.34. The standard InChI is InChI=1S/C20H28N4O/c1-20(2,3)17-7-5-16(6-8-17)19(25)24-13-11-23(12-14-24)15-18-21-9-10-22(18)4/h5-10H,11-15H2,1-4H3. The molecular formula is C20H28N4O. The topological polar surface area (TPSA) is 41.4 Å². The van der Waals surface area contributed by atoms with E-state index < -0.39 is 0 Å². The average Bonchev–Trinajstić information content (AvgIpc) is 2.99. The Morgan fingerprint density at radius 3 is 2.24 bits per heavy atom. The van der Waals surface area contributed by atoms with Crippen LogP contribution in [-0.4, -0.2) is 51.4 Å². The van der Waals surface area contributed by atoms with Crippen LogP contribution < -0.4 is 0 Å². The molecule has 0 N–H and O–H groups in total. The summed E-state index contributed by atoms with van der Waals surface area (Å²) in [6.07, 6.45) is 3.80. The van der Waals surface area contributed by atoms with E-state index in [1.165, 1.54) is 5.56 Å². The van der Waals surface area contributed by atoms with Crippen LogP contribution in [-0.2, 0) is 19.0 Å². The third-order valence-electron chi connectivity index (χ3n) is 4.94. The number of amides is 1. The minimum Gasteiger partial charge on any atom is -0.337 e. The second-order valence-electron chi connectivity index (χ2n) is 7.85. The number of aromatic nitrogens is 2. The molecule has 0 radical (unpaired) electrons. The first-order valence-corrected chi connectivity index (χ1v) is 8.93. The van der Waals surface area contributed by atoms with E-state index in [2.05, 4.69) is 42.8 Å². The Kier molecular flexibility index (Phi) is 4.95. The van der Waals surface area contributed by atoms with E-state index in [1.807, 2.05) is 41.0 Å². The number of hydrogen-bond donors (Lipinski definition) is 0. The van der Waals surface area contributed by atoms with Crippen molar-refractivity contribution in [3.05, 3.63) is 53.6 Å². The fourth-order valence-corrected chi connectivity index (χ4v) is 3.15. The number of carbonyl (C=O) groups is 1. The zero-order chi connectivity index (χ0) is 18.0. The van der Waals surface area contributed by atoms with Crippen LogP contribution in [0.15, 0.2) is 36.7 Å². The molecule has 0 bridgehead atoms. The molecule has 1 aromatic carbocycles. The summed E-state index contributed by atoms with van der Waals surface area (Å²) in [6.45, 7) is 10.7. The van der Waals surface area contributed by atoms with Gasteiger partial charge >= 0.3 is 0 Å². The van der Waals surface area contributed by atoms with Crippen molar-refractivity contribution in [2.45, 2.75) is 32.7 Å². The van der Waals surface area contributed by atoms with Gasteiger partial charge in [0.15, 0.2) is 0 Å². The van der Waals surface area contributed by atoms with Crippen molar-refractivity contribution in [2.75, 3.05) is 26.2 Å². The first-order valence-electron chi connectivity index (χ1n) is 8.93. The van der Waals surface area contributed by atoms with Crippen molar-refractivity contribution in [1.82, 2.24) is 19.4 Å². The van der Waals surface area contributed by atoms with Crippen LogP contribution in [0.4, 0.5) is 0 Å². The van der Waals surface area contributed by atoms with Crippen molar-refractivity contribution in [3.8, 4) is 0 Å². The van der Waals surface area contributed by atoms with E-state index in [9.17, 15) is 4.79 Å². The number of imidazole rings is 1. The van der Waals surface area contributed by atoms with E-state index in [-0.39, 0.29) is 11.3 Å². The number of hydrogen-bond acceptors (Lipinski definition) is 3. The number of aryl methyl sites for hydroxylation is 1. The minimum absolute atomic E-state index is 0.109. The average molecular weight is 340 g/mol. The number of benzene rings is 1. The molecular weight excluding hydrogens is 312 g/mol. The molecule has 3 rings (SSSR count). The van der Waals surface area contributed by atoms with E-state index in [0.29, 0.717) is 0 Å². The molecule has 0 unspecified atom stereocenters. The van der Waals surface area contributed by atoms with Crippen LogP contribution in [0.5, 0.6) is 0 Å². The van der Waals surface area contributed by atoms with E-state index in [1.54, 1.807) is 0 Å². The van der Waals surface area contributed by atoms with Gasteiger partial charge in [-0.2, -0.15) is 0 Å². The molecule has 0 atom stereocenters. The SMILES string of the molecule is Cn1ccnc1CN1CCN(C(=O)c2ccc(C(C)(C)C)cc2)CC1. The van der Waals surface area contributed by atoms with Gasteiger partial charge in [-0.3, -0.25) is 9.69 Å². The number of piperazine rings is 1. The second-order valence-corrected chi connectivity index (χ2v) is 7.85. The molecule has 134 valence electrons. The van der Waals surface area contributed by atoms with Gasteiger partial charge in [0.1, 0.15) is 5.82 Å². The fraction of sp³-hybridized carbons (Fsp3) is 0.500. The lowest BCUT2D eigenvalue weighted by molar-refractivity contribution is 0.0624. The lowest BCUT2D eigenvalue weighted by Crippen LogP contribution is -2.48. The molecule has 0 aliphatic carbocycles. The summed E-state index contributed by atoms with van der Waals surface area (Å²) in [6, 6.07) is 8.07. The number of rotatable bonds is 3. The first-order chi connectivity index (χ1) is 11.8. The smallest absolute Gasteiger partial charge is 0.253 e. The van der Waals surface area contributed by atoms with E-state index in [4.69, 9.17) is 0 Å². The molecule has 0 saturated carbocycles. The quantitative estimate of drug-likeness (QED) is 0.863. The van der Waals surface area contributed by atoms with Crippen LogP contribution in [0.3, 0.4) is 0 Å². The molecule has 1 amide bonds. The maximum Gasteiger partial charge on any atom is 0.253 e. The highest BCUT2D eigenvalue weighted by Crippen LogP contribution is 2.22. The van der Waals surface area contributed by atoms with Gasteiger partial charge in [0.25, 0.3) is 5.91 Å². The monoisotopic (exact) mass is 340 g/mol. The van der Waals surface area contributed by atoms with E-state index in [0.717, 1.165) is 44.1 Å². The Bertz CT molecular complexity index is 719. The van der Waals surface area contributed by atoms with Crippen molar-refractivity contribution < 1.29 is 4.79 Å². The number of carbonyl (C=O) groups excluding carboxylic acids is 1. The Balaban J connectivity index is 1.57. The zero-order valence-electron chi connectivity index (χ0n) is 15.7. The van der Waals surface area contributed by atoms with Crippen LogP contribution in [0.1, 0.15) is 42.5 Å². The van der Waals surface area contributed by atoms with Gasteiger partial charge in [0, 0.05) is 51.2 Å². The minimum atomic E-state index is 0.109. The molecule has 1 fully saturated rings. The third-order valence-corrected chi connectivity index (χ3v) is 4.94. The highest BCUT2D eigenvalue weighted by molar-refractivity contribution is 5.94. The molecule has 0 spiro atoms. The molecule has 1 saturated heterocycles. The fourth-order valence-electron chi connectivity index (χ4n) is 3.15. The summed E-state index contributed by atoms with van der Waals surface area (Å²) in [4.78, 5) is 21.4. The summed E-state index contributed by atoms with van der Waals surface area (Å²) in [5.74, 6) is 1.20. The van der Waals surface area contributed by atoms with Crippen molar-refractivity contribution in [2.24, 2.45) is 7.05 Å². The van der Waals surface area contributed by atoms with Crippen LogP contribution in [0, 0.1) is 0 Å². The molecule has 2 aromatic rings. The maximum absolute atomic E-state index is 12.7. The third kappa shape index (κ3) is 4.10. The Labute approximate surface area is 150 Å². The summed E-state index contributed by atoms with van der Waals surface area (Å²) >= 11 is 0. The molecule has 5 heteroatoms. The summed E-state index contributed by atoms with van der Waals surface area (Å²) in [5, 5.41) is 0. The van der Waals surface area contributed by atoms with E-state index >= 15 is 0 Å². The molecule has 2 heterocycles. The van der Waals surface area contributed by atoms with Gasteiger partial charge in [0.2, 0.25) is 0 Å². The Morgan fingerprint density at radius 2 is 1.72 bits per heavy atom. The van der Waals surface area contributed by atoms with Gasteiger partial charge < -0.3 is 9.47 Å².